The Morgan fingerprint density at radius 1 is 1.06 bits per heavy atom. The van der Waals surface area contributed by atoms with Crippen molar-refractivity contribution >= 4 is 23.3 Å². The van der Waals surface area contributed by atoms with Crippen molar-refractivity contribution < 1.29 is 29.1 Å². The summed E-state index contributed by atoms with van der Waals surface area (Å²) in [6, 6.07) is 3.66. The summed E-state index contributed by atoms with van der Waals surface area (Å²) in [5, 5.41) is 23.2. The summed E-state index contributed by atoms with van der Waals surface area (Å²) in [7, 11) is 0. The minimum atomic E-state index is -1.20. The molecule has 1 heterocycles. The molecule has 0 saturated heterocycles. The largest absolute Gasteiger partial charge is 0.492 e. The molecule has 2 N–H and O–H groups in total. The monoisotopic (exact) mass is 431 g/mol. The Hall–Kier alpha value is -3.69. The summed E-state index contributed by atoms with van der Waals surface area (Å²) in [4.78, 5) is 38.7. The molecule has 166 valence electrons. The Kier molecular flexibility index (Phi) is 7.89. The number of benzene rings is 1. The molecule has 0 fully saturated rings. The van der Waals surface area contributed by atoms with E-state index >= 15 is 0 Å². The summed E-state index contributed by atoms with van der Waals surface area (Å²) >= 11 is 0. The highest BCUT2D eigenvalue weighted by molar-refractivity contribution is 6.07. The van der Waals surface area contributed by atoms with Crippen molar-refractivity contribution in [1.29, 1.82) is 0 Å². The molecule has 10 heteroatoms. The van der Waals surface area contributed by atoms with E-state index in [0.717, 1.165) is 12.3 Å². The molecule has 0 aliphatic carbocycles. The van der Waals surface area contributed by atoms with Crippen LogP contribution in [-0.2, 0) is 0 Å². The van der Waals surface area contributed by atoms with Crippen molar-refractivity contribution in [2.45, 2.75) is 27.7 Å². The van der Waals surface area contributed by atoms with Gasteiger partial charge in [-0.1, -0.05) is 27.7 Å². The van der Waals surface area contributed by atoms with Gasteiger partial charge in [0.2, 0.25) is 5.75 Å². The fraction of sp³-hybridized carbons (Fsp3) is 0.381. The smallest absolute Gasteiger partial charge is 0.337 e. The van der Waals surface area contributed by atoms with E-state index in [2.05, 4.69) is 10.3 Å². The Labute approximate surface area is 179 Å². The van der Waals surface area contributed by atoms with Gasteiger partial charge in [0.25, 0.3) is 5.91 Å². The van der Waals surface area contributed by atoms with E-state index in [9.17, 15) is 19.7 Å². The molecule has 0 radical (unpaired) electrons. The predicted octanol–water partition coefficient (Wildman–Crippen LogP) is 4.01. The van der Waals surface area contributed by atoms with Gasteiger partial charge < -0.3 is 19.9 Å². The van der Waals surface area contributed by atoms with E-state index in [1.807, 2.05) is 27.7 Å². The summed E-state index contributed by atoms with van der Waals surface area (Å²) in [5.41, 5.74) is -0.440. The lowest BCUT2D eigenvalue weighted by Gasteiger charge is -2.16. The fourth-order valence-electron chi connectivity index (χ4n) is 2.44. The van der Waals surface area contributed by atoms with Crippen LogP contribution in [0.5, 0.6) is 11.5 Å². The number of hydrogen-bond acceptors (Lipinski definition) is 7. The first-order valence-corrected chi connectivity index (χ1v) is 9.66. The van der Waals surface area contributed by atoms with E-state index in [0.29, 0.717) is 0 Å². The molecular formula is C21H25N3O7. The van der Waals surface area contributed by atoms with Crippen LogP contribution in [0.3, 0.4) is 0 Å². The Morgan fingerprint density at radius 2 is 1.68 bits per heavy atom. The third-order valence-corrected chi connectivity index (χ3v) is 3.89. The number of nitro benzene ring substituents is 1. The number of hydrogen-bond donors (Lipinski definition) is 2. The number of carboxylic acids is 1. The van der Waals surface area contributed by atoms with Crippen LogP contribution in [-0.4, -0.2) is 40.1 Å². The van der Waals surface area contributed by atoms with E-state index in [1.54, 1.807) is 0 Å². The van der Waals surface area contributed by atoms with Gasteiger partial charge in [-0.15, -0.1) is 0 Å². The van der Waals surface area contributed by atoms with Crippen molar-refractivity contribution in [1.82, 2.24) is 4.98 Å². The maximum atomic E-state index is 12.9. The van der Waals surface area contributed by atoms with Gasteiger partial charge in [-0.3, -0.25) is 19.9 Å². The first-order valence-electron chi connectivity index (χ1n) is 9.66. The maximum Gasteiger partial charge on any atom is 0.337 e. The molecule has 2 rings (SSSR count). The number of amides is 1. The molecule has 0 unspecified atom stereocenters. The zero-order valence-electron chi connectivity index (χ0n) is 17.7. The summed E-state index contributed by atoms with van der Waals surface area (Å²) in [6.45, 7) is 8.18. The number of nitro groups is 1. The van der Waals surface area contributed by atoms with Crippen LogP contribution in [0.4, 0.5) is 11.4 Å². The average Bonchev–Trinajstić information content (AvgIpc) is 2.70. The standard InChI is InChI=1S/C21H25N3O7/c1-12(2)10-30-18-7-19(31-11-13(3)4)17(24(28)29)6-16(18)20(25)23-15-5-14(21(26)27)8-22-9-15/h5-9,12-13H,10-11H2,1-4H3,(H,23,25)(H,26,27). The van der Waals surface area contributed by atoms with E-state index in [4.69, 9.17) is 14.6 Å². The zero-order valence-corrected chi connectivity index (χ0v) is 17.7. The highest BCUT2D eigenvalue weighted by atomic mass is 16.6. The molecule has 0 bridgehead atoms. The molecule has 0 spiro atoms. The molecule has 0 saturated carbocycles. The third kappa shape index (κ3) is 6.66. The van der Waals surface area contributed by atoms with Crippen molar-refractivity contribution in [3.8, 4) is 11.5 Å². The number of anilines is 1. The van der Waals surface area contributed by atoms with E-state index in [-0.39, 0.29) is 59.1 Å². The van der Waals surface area contributed by atoms with Gasteiger partial charge in [-0.05, 0) is 17.9 Å². The number of ether oxygens (including phenoxy) is 2. The summed E-state index contributed by atoms with van der Waals surface area (Å²) in [6.07, 6.45) is 2.41. The normalized spacial score (nSPS) is 10.8. The zero-order chi connectivity index (χ0) is 23.1. The van der Waals surface area contributed by atoms with Crippen molar-refractivity contribution in [2.75, 3.05) is 18.5 Å². The topological polar surface area (TPSA) is 141 Å². The van der Waals surface area contributed by atoms with E-state index in [1.165, 1.54) is 18.3 Å². The minimum Gasteiger partial charge on any atom is -0.492 e. The first-order chi connectivity index (χ1) is 14.6. The molecule has 10 nitrogen and oxygen atoms in total. The number of nitrogens with one attached hydrogen (secondary N) is 1. The van der Waals surface area contributed by atoms with Gasteiger partial charge >= 0.3 is 11.7 Å². The molecule has 2 aromatic rings. The first kappa shape index (κ1) is 23.6. The number of nitrogens with zero attached hydrogens (tertiary/aromatic N) is 2. The van der Waals surface area contributed by atoms with Crippen molar-refractivity contribution in [3.05, 3.63) is 51.8 Å². The minimum absolute atomic E-state index is 0.00328. The van der Waals surface area contributed by atoms with Gasteiger partial charge in [-0.25, -0.2) is 4.79 Å². The lowest BCUT2D eigenvalue weighted by Crippen LogP contribution is -2.16. The quantitative estimate of drug-likeness (QED) is 0.425. The van der Waals surface area contributed by atoms with Crippen molar-refractivity contribution in [2.24, 2.45) is 11.8 Å². The third-order valence-electron chi connectivity index (χ3n) is 3.89. The van der Waals surface area contributed by atoms with Crippen LogP contribution >= 0.6 is 0 Å². The van der Waals surface area contributed by atoms with Gasteiger partial charge in [0.1, 0.15) is 5.75 Å². The second-order valence-corrected chi connectivity index (χ2v) is 7.70. The number of aromatic carboxylic acids is 1. The molecule has 1 aromatic carbocycles. The molecule has 0 aliphatic rings. The number of rotatable bonds is 10. The number of carboxylic acid groups (broad SMARTS) is 1. The van der Waals surface area contributed by atoms with Crippen LogP contribution in [0.2, 0.25) is 0 Å². The molecule has 0 aliphatic heterocycles. The number of aromatic nitrogens is 1. The van der Waals surface area contributed by atoms with Crippen LogP contribution in [0, 0.1) is 22.0 Å². The number of carbonyl (C=O) groups is 2. The molecule has 31 heavy (non-hydrogen) atoms. The van der Waals surface area contributed by atoms with Crippen LogP contribution < -0.4 is 14.8 Å². The Balaban J connectivity index is 2.45. The van der Waals surface area contributed by atoms with E-state index < -0.39 is 16.8 Å². The molecular weight excluding hydrogens is 406 g/mol. The van der Waals surface area contributed by atoms with Crippen LogP contribution in [0.25, 0.3) is 0 Å². The lowest BCUT2D eigenvalue weighted by molar-refractivity contribution is -0.385. The van der Waals surface area contributed by atoms with Crippen LogP contribution in [0.15, 0.2) is 30.6 Å². The lowest BCUT2D eigenvalue weighted by atomic mass is 10.1. The maximum absolute atomic E-state index is 12.9. The Bertz CT molecular complexity index is 973. The van der Waals surface area contributed by atoms with Crippen LogP contribution in [0.1, 0.15) is 48.4 Å². The molecule has 1 aromatic heterocycles. The average molecular weight is 431 g/mol. The number of carbonyl (C=O) groups excluding carboxylic acids is 1. The van der Waals surface area contributed by atoms with Gasteiger partial charge in [0.15, 0.2) is 0 Å². The highest BCUT2D eigenvalue weighted by Crippen LogP contribution is 2.36. The predicted molar refractivity (Wildman–Crippen MR) is 113 cm³/mol. The second-order valence-electron chi connectivity index (χ2n) is 7.70. The molecule has 1 amide bonds. The summed E-state index contributed by atoms with van der Waals surface area (Å²) < 4.78 is 11.3. The second kappa shape index (κ2) is 10.4. The Morgan fingerprint density at radius 3 is 2.23 bits per heavy atom. The fourth-order valence-corrected chi connectivity index (χ4v) is 2.44. The van der Waals surface area contributed by atoms with Crippen molar-refractivity contribution in [3.63, 3.8) is 0 Å². The SMILES string of the molecule is CC(C)COc1cc(OCC(C)C)c([N+](=O)[O-])cc1C(=O)Nc1cncc(C(=O)O)c1. The summed E-state index contributed by atoms with van der Waals surface area (Å²) in [5.74, 6) is -1.51. The van der Waals surface area contributed by atoms with Gasteiger partial charge in [0, 0.05) is 18.3 Å². The van der Waals surface area contributed by atoms with Gasteiger partial charge in [0.05, 0.1) is 41.1 Å². The highest BCUT2D eigenvalue weighted by Gasteiger charge is 2.25. The molecule has 0 atom stereocenters. The van der Waals surface area contributed by atoms with Gasteiger partial charge in [-0.2, -0.15) is 0 Å². The number of pyridine rings is 1.